The summed E-state index contributed by atoms with van der Waals surface area (Å²) in [5.41, 5.74) is 0.817. The SMILES string of the molecule is CSSOc1ccc(C(=O)c2ccccc2)c(O)c1. The van der Waals surface area contributed by atoms with Crippen LogP contribution < -0.4 is 4.18 Å². The molecule has 0 saturated carbocycles. The number of phenols is 1. The Morgan fingerprint density at radius 3 is 2.53 bits per heavy atom. The molecule has 0 aliphatic rings. The van der Waals surface area contributed by atoms with E-state index in [0.717, 1.165) is 0 Å². The highest BCUT2D eigenvalue weighted by molar-refractivity contribution is 8.74. The molecule has 2 aromatic carbocycles. The maximum absolute atomic E-state index is 12.2. The van der Waals surface area contributed by atoms with Crippen molar-refractivity contribution in [3.05, 3.63) is 59.7 Å². The molecule has 0 amide bonds. The quantitative estimate of drug-likeness (QED) is 0.514. The van der Waals surface area contributed by atoms with Gasteiger partial charge in [0, 0.05) is 11.6 Å². The zero-order chi connectivity index (χ0) is 13.7. The Morgan fingerprint density at radius 1 is 1.16 bits per heavy atom. The zero-order valence-corrected chi connectivity index (χ0v) is 11.8. The van der Waals surface area contributed by atoms with Gasteiger partial charge >= 0.3 is 0 Å². The first-order valence-electron chi connectivity index (χ1n) is 5.52. The fourth-order valence-electron chi connectivity index (χ4n) is 1.57. The van der Waals surface area contributed by atoms with Crippen molar-refractivity contribution in [3.63, 3.8) is 0 Å². The number of hydrogen-bond donors (Lipinski definition) is 1. The average molecular weight is 292 g/mol. The highest BCUT2D eigenvalue weighted by Crippen LogP contribution is 2.29. The number of hydrogen-bond acceptors (Lipinski definition) is 5. The van der Waals surface area contributed by atoms with Crippen LogP contribution in [0, 0.1) is 0 Å². The molecule has 1 N–H and O–H groups in total. The van der Waals surface area contributed by atoms with E-state index in [1.807, 2.05) is 12.3 Å². The Bertz CT molecular complexity index is 570. The fourth-order valence-corrected chi connectivity index (χ4v) is 2.26. The van der Waals surface area contributed by atoms with Gasteiger partial charge < -0.3 is 9.29 Å². The van der Waals surface area contributed by atoms with Crippen LogP contribution in [0.1, 0.15) is 15.9 Å². The molecule has 2 aromatic rings. The molecule has 0 spiro atoms. The standard InChI is InChI=1S/C14H12O3S2/c1-18-19-17-11-7-8-12(13(15)9-11)14(16)10-5-3-2-4-6-10/h2-9,15H,1H3. The lowest BCUT2D eigenvalue weighted by Crippen LogP contribution is -2.01. The van der Waals surface area contributed by atoms with Crippen LogP contribution in [0.2, 0.25) is 0 Å². The molecule has 5 heteroatoms. The molecule has 0 unspecified atom stereocenters. The number of carbonyl (C=O) groups is 1. The van der Waals surface area contributed by atoms with Crippen LogP contribution in [0.5, 0.6) is 11.5 Å². The Balaban J connectivity index is 2.24. The molecule has 3 nitrogen and oxygen atoms in total. The van der Waals surface area contributed by atoms with Gasteiger partial charge in [0.1, 0.15) is 22.6 Å². The molecule has 0 aliphatic heterocycles. The summed E-state index contributed by atoms with van der Waals surface area (Å²) >= 11 is 1.20. The van der Waals surface area contributed by atoms with Gasteiger partial charge in [0.25, 0.3) is 0 Å². The third-order valence-corrected chi connectivity index (χ3v) is 3.46. The summed E-state index contributed by atoms with van der Waals surface area (Å²) in [6.07, 6.45) is 1.89. The Morgan fingerprint density at radius 2 is 1.89 bits per heavy atom. The summed E-state index contributed by atoms with van der Waals surface area (Å²) in [7, 11) is 1.46. The van der Waals surface area contributed by atoms with Gasteiger partial charge in [-0.05, 0) is 18.4 Å². The highest BCUT2D eigenvalue weighted by Gasteiger charge is 2.14. The van der Waals surface area contributed by atoms with Crippen LogP contribution in [0.25, 0.3) is 0 Å². The minimum atomic E-state index is -0.206. The number of rotatable bonds is 5. The van der Waals surface area contributed by atoms with E-state index >= 15 is 0 Å². The molecular formula is C14H12O3S2. The van der Waals surface area contributed by atoms with E-state index in [9.17, 15) is 9.90 Å². The average Bonchev–Trinajstić information content (AvgIpc) is 2.45. The first-order chi connectivity index (χ1) is 9.22. The van der Waals surface area contributed by atoms with Crippen LogP contribution in [0.15, 0.2) is 48.5 Å². The normalized spacial score (nSPS) is 10.2. The van der Waals surface area contributed by atoms with Crippen molar-refractivity contribution in [2.75, 3.05) is 6.26 Å². The van der Waals surface area contributed by atoms with Gasteiger partial charge in [0.2, 0.25) is 0 Å². The number of phenolic OH excluding ortho intramolecular Hbond substituents is 1. The topological polar surface area (TPSA) is 46.5 Å². The van der Waals surface area contributed by atoms with E-state index in [2.05, 4.69) is 0 Å². The molecule has 0 aromatic heterocycles. The van der Waals surface area contributed by atoms with Gasteiger partial charge in [-0.15, -0.1) is 0 Å². The van der Waals surface area contributed by atoms with Crippen LogP contribution in [-0.4, -0.2) is 17.1 Å². The molecule has 19 heavy (non-hydrogen) atoms. The molecule has 0 bridgehead atoms. The first kappa shape index (κ1) is 13.8. The van der Waals surface area contributed by atoms with Crippen molar-refractivity contribution in [1.29, 1.82) is 0 Å². The summed E-state index contributed by atoms with van der Waals surface area (Å²) in [6, 6.07) is 13.5. The van der Waals surface area contributed by atoms with Crippen molar-refractivity contribution < 1.29 is 14.1 Å². The molecular weight excluding hydrogens is 280 g/mol. The fraction of sp³-hybridized carbons (Fsp3) is 0.0714. The van der Waals surface area contributed by atoms with Crippen molar-refractivity contribution >= 4 is 27.7 Å². The lowest BCUT2D eigenvalue weighted by atomic mass is 10.0. The van der Waals surface area contributed by atoms with Crippen molar-refractivity contribution in [3.8, 4) is 11.5 Å². The van der Waals surface area contributed by atoms with Gasteiger partial charge in [-0.25, -0.2) is 0 Å². The summed E-state index contributed by atoms with van der Waals surface area (Å²) < 4.78 is 5.28. The van der Waals surface area contributed by atoms with Crippen LogP contribution >= 0.6 is 21.9 Å². The largest absolute Gasteiger partial charge is 0.507 e. The molecule has 98 valence electrons. The van der Waals surface area contributed by atoms with Gasteiger partial charge in [0.15, 0.2) is 5.78 Å². The smallest absolute Gasteiger partial charge is 0.196 e. The Kier molecular flexibility index (Phi) is 4.76. The van der Waals surface area contributed by atoms with Crippen LogP contribution in [0.4, 0.5) is 0 Å². The molecule has 0 radical (unpaired) electrons. The van der Waals surface area contributed by atoms with Gasteiger partial charge in [-0.3, -0.25) is 4.79 Å². The summed E-state index contributed by atoms with van der Waals surface area (Å²) in [4.78, 5) is 12.2. The molecule has 2 rings (SSSR count). The highest BCUT2D eigenvalue weighted by atomic mass is 33.1. The lowest BCUT2D eigenvalue weighted by molar-refractivity contribution is 0.103. The van der Waals surface area contributed by atoms with Gasteiger partial charge in [0.05, 0.1) is 5.56 Å². The number of benzene rings is 2. The Hall–Kier alpha value is -1.59. The number of aromatic hydroxyl groups is 1. The second-order valence-corrected chi connectivity index (χ2v) is 5.74. The monoisotopic (exact) mass is 292 g/mol. The molecule has 0 heterocycles. The second kappa shape index (κ2) is 6.54. The van der Waals surface area contributed by atoms with Crippen LogP contribution in [0.3, 0.4) is 0 Å². The second-order valence-electron chi connectivity index (χ2n) is 3.69. The minimum absolute atomic E-state index is 0.0759. The van der Waals surface area contributed by atoms with E-state index in [0.29, 0.717) is 11.3 Å². The first-order valence-corrected chi connectivity index (χ1v) is 8.01. The minimum Gasteiger partial charge on any atom is -0.507 e. The van der Waals surface area contributed by atoms with Gasteiger partial charge in [-0.2, -0.15) is 0 Å². The maximum Gasteiger partial charge on any atom is 0.196 e. The van der Waals surface area contributed by atoms with Crippen molar-refractivity contribution in [2.45, 2.75) is 0 Å². The molecule has 0 atom stereocenters. The van der Waals surface area contributed by atoms with E-state index in [4.69, 9.17) is 4.18 Å². The number of ketones is 1. The van der Waals surface area contributed by atoms with Crippen LogP contribution in [-0.2, 0) is 0 Å². The third kappa shape index (κ3) is 3.45. The summed E-state index contributed by atoms with van der Waals surface area (Å²) in [5, 5.41) is 9.91. The zero-order valence-electron chi connectivity index (χ0n) is 10.2. The lowest BCUT2D eigenvalue weighted by Gasteiger charge is -2.06. The Labute approximate surface area is 119 Å². The van der Waals surface area contributed by atoms with E-state index < -0.39 is 0 Å². The van der Waals surface area contributed by atoms with E-state index in [1.54, 1.807) is 36.4 Å². The van der Waals surface area contributed by atoms with Gasteiger partial charge in [-0.1, -0.05) is 41.1 Å². The van der Waals surface area contributed by atoms with Crippen molar-refractivity contribution in [1.82, 2.24) is 0 Å². The van der Waals surface area contributed by atoms with Crippen molar-refractivity contribution in [2.24, 2.45) is 0 Å². The summed E-state index contributed by atoms with van der Waals surface area (Å²) in [5.74, 6) is 0.233. The molecule has 0 aliphatic carbocycles. The maximum atomic E-state index is 12.2. The molecule has 0 saturated heterocycles. The van der Waals surface area contributed by atoms with E-state index in [-0.39, 0.29) is 17.1 Å². The predicted molar refractivity (Wildman–Crippen MR) is 79.7 cm³/mol. The molecule has 0 fully saturated rings. The van der Waals surface area contributed by atoms with E-state index in [1.165, 1.54) is 27.9 Å². The predicted octanol–water partition coefficient (Wildman–Crippen LogP) is 3.93. The number of carbonyl (C=O) groups excluding carboxylic acids is 1. The summed E-state index contributed by atoms with van der Waals surface area (Å²) in [6.45, 7) is 0. The third-order valence-electron chi connectivity index (χ3n) is 2.45.